The van der Waals surface area contributed by atoms with Crippen LogP contribution >= 0.6 is 0 Å². The lowest BCUT2D eigenvalue weighted by Gasteiger charge is -2.26. The van der Waals surface area contributed by atoms with Crippen LogP contribution in [0, 0.1) is 0 Å². The monoisotopic (exact) mass is 236 g/mol. The smallest absolute Gasteiger partial charge is 0.125 e. The van der Waals surface area contributed by atoms with Crippen LogP contribution in [0.15, 0.2) is 18.2 Å². The van der Waals surface area contributed by atoms with Gasteiger partial charge < -0.3 is 10.5 Å². The summed E-state index contributed by atoms with van der Waals surface area (Å²) in [6, 6.07) is 6.42. The van der Waals surface area contributed by atoms with E-state index in [1.807, 2.05) is 12.1 Å². The van der Waals surface area contributed by atoms with Crippen LogP contribution in [0.3, 0.4) is 0 Å². The molecule has 0 saturated heterocycles. The van der Waals surface area contributed by atoms with E-state index in [9.17, 15) is 0 Å². The first-order valence-corrected chi connectivity index (χ1v) is 6.25. The van der Waals surface area contributed by atoms with Crippen molar-refractivity contribution in [2.45, 2.75) is 39.8 Å². The van der Waals surface area contributed by atoms with Gasteiger partial charge in [0.1, 0.15) is 5.75 Å². The minimum absolute atomic E-state index is 0.539. The van der Waals surface area contributed by atoms with Crippen LogP contribution in [-0.2, 0) is 6.54 Å². The Balaban J connectivity index is 2.84. The maximum absolute atomic E-state index is 5.76. The first kappa shape index (κ1) is 13.8. The van der Waals surface area contributed by atoms with Gasteiger partial charge in [0.2, 0.25) is 0 Å². The van der Waals surface area contributed by atoms with Gasteiger partial charge in [-0.15, -0.1) is 0 Å². The quantitative estimate of drug-likeness (QED) is 0.772. The Morgan fingerprint density at radius 3 is 2.59 bits per heavy atom. The van der Waals surface area contributed by atoms with Crippen LogP contribution in [0.1, 0.15) is 32.8 Å². The molecule has 0 radical (unpaired) electrons. The van der Waals surface area contributed by atoms with Crippen LogP contribution < -0.4 is 10.5 Å². The van der Waals surface area contributed by atoms with Crippen LogP contribution in [0.5, 0.6) is 5.75 Å². The topological polar surface area (TPSA) is 38.5 Å². The summed E-state index contributed by atoms with van der Waals surface area (Å²) in [6.45, 7) is 8.66. The van der Waals surface area contributed by atoms with Crippen molar-refractivity contribution >= 4 is 5.69 Å². The number of anilines is 1. The summed E-state index contributed by atoms with van der Waals surface area (Å²) in [5.41, 5.74) is 7.70. The van der Waals surface area contributed by atoms with Crippen LogP contribution in [0.2, 0.25) is 0 Å². The molecule has 0 atom stereocenters. The lowest BCUT2D eigenvalue weighted by atomic mass is 10.1. The largest absolute Gasteiger partial charge is 0.496 e. The van der Waals surface area contributed by atoms with Crippen molar-refractivity contribution in [3.05, 3.63) is 23.8 Å². The Bertz CT molecular complexity index is 350. The molecule has 0 aromatic heterocycles. The molecule has 3 nitrogen and oxygen atoms in total. The third-order valence-electron chi connectivity index (χ3n) is 2.93. The zero-order valence-electron chi connectivity index (χ0n) is 11.4. The highest BCUT2D eigenvalue weighted by atomic mass is 16.5. The van der Waals surface area contributed by atoms with Gasteiger partial charge in [0, 0.05) is 29.9 Å². The second-order valence-corrected chi connectivity index (χ2v) is 4.64. The maximum atomic E-state index is 5.76. The number of nitrogens with two attached hydrogens (primary N) is 1. The molecule has 1 aromatic rings. The van der Waals surface area contributed by atoms with Crippen LogP contribution in [-0.4, -0.2) is 24.6 Å². The number of hydrogen-bond acceptors (Lipinski definition) is 3. The number of nitrogens with zero attached hydrogens (tertiary/aromatic N) is 1. The minimum atomic E-state index is 0.539. The van der Waals surface area contributed by atoms with Crippen molar-refractivity contribution in [2.75, 3.05) is 19.4 Å². The van der Waals surface area contributed by atoms with Gasteiger partial charge in [-0.25, -0.2) is 0 Å². The van der Waals surface area contributed by atoms with E-state index < -0.39 is 0 Å². The molecule has 0 aliphatic rings. The summed E-state index contributed by atoms with van der Waals surface area (Å²) in [5.74, 6) is 0.881. The Kier molecular flexibility index (Phi) is 5.29. The molecule has 0 bridgehead atoms. The fourth-order valence-electron chi connectivity index (χ4n) is 1.92. The van der Waals surface area contributed by atoms with Gasteiger partial charge in [0.05, 0.1) is 7.11 Å². The Morgan fingerprint density at radius 2 is 2.06 bits per heavy atom. The van der Waals surface area contributed by atoms with Crippen LogP contribution in [0.4, 0.5) is 5.69 Å². The number of rotatable bonds is 6. The third-order valence-corrected chi connectivity index (χ3v) is 2.93. The summed E-state index contributed by atoms with van der Waals surface area (Å²) < 4.78 is 5.38. The molecule has 0 spiro atoms. The van der Waals surface area contributed by atoms with Crippen molar-refractivity contribution in [3.8, 4) is 5.75 Å². The van der Waals surface area contributed by atoms with E-state index in [2.05, 4.69) is 31.7 Å². The average Bonchev–Trinajstić information content (AvgIpc) is 2.30. The zero-order valence-corrected chi connectivity index (χ0v) is 11.4. The molecule has 2 N–H and O–H groups in total. The van der Waals surface area contributed by atoms with Gasteiger partial charge in [0.25, 0.3) is 0 Å². The summed E-state index contributed by atoms with van der Waals surface area (Å²) in [7, 11) is 1.69. The maximum Gasteiger partial charge on any atom is 0.125 e. The van der Waals surface area contributed by atoms with E-state index in [0.29, 0.717) is 6.04 Å². The SMILES string of the molecule is CCCN(Cc1ccc(N)cc1OC)C(C)C. The highest BCUT2D eigenvalue weighted by Gasteiger charge is 2.12. The average molecular weight is 236 g/mol. The standard InChI is InChI=1S/C14H24N2O/c1-5-8-16(11(2)3)10-12-6-7-13(15)9-14(12)17-4/h6-7,9,11H,5,8,10,15H2,1-4H3. The van der Waals surface area contributed by atoms with Crippen molar-refractivity contribution in [1.82, 2.24) is 4.90 Å². The van der Waals surface area contributed by atoms with E-state index in [1.54, 1.807) is 7.11 Å². The lowest BCUT2D eigenvalue weighted by Crippen LogP contribution is -2.31. The lowest BCUT2D eigenvalue weighted by molar-refractivity contribution is 0.210. The third kappa shape index (κ3) is 3.93. The highest BCUT2D eigenvalue weighted by molar-refractivity contribution is 5.48. The normalized spacial score (nSPS) is 11.2. The second kappa shape index (κ2) is 6.50. The minimum Gasteiger partial charge on any atom is -0.496 e. The van der Waals surface area contributed by atoms with E-state index in [-0.39, 0.29) is 0 Å². The predicted molar refractivity (Wildman–Crippen MR) is 73.2 cm³/mol. The molecule has 0 saturated carbocycles. The fraction of sp³-hybridized carbons (Fsp3) is 0.571. The van der Waals surface area contributed by atoms with Crippen molar-refractivity contribution in [1.29, 1.82) is 0 Å². The number of ether oxygens (including phenoxy) is 1. The predicted octanol–water partition coefficient (Wildman–Crippen LogP) is 2.90. The number of nitrogen functional groups attached to an aromatic ring is 1. The first-order chi connectivity index (χ1) is 8.08. The van der Waals surface area contributed by atoms with Gasteiger partial charge in [-0.2, -0.15) is 0 Å². The molecule has 1 aromatic carbocycles. The summed E-state index contributed by atoms with van der Waals surface area (Å²) in [4.78, 5) is 2.44. The van der Waals surface area contributed by atoms with Gasteiger partial charge in [0.15, 0.2) is 0 Å². The molecule has 0 unspecified atom stereocenters. The number of hydrogen-bond donors (Lipinski definition) is 1. The molecule has 0 aliphatic heterocycles. The molecule has 3 heteroatoms. The molecule has 17 heavy (non-hydrogen) atoms. The Labute approximate surface area is 105 Å². The summed E-state index contributed by atoms with van der Waals surface area (Å²) >= 11 is 0. The Hall–Kier alpha value is -1.22. The van der Waals surface area contributed by atoms with Crippen molar-refractivity contribution < 1.29 is 4.74 Å². The number of methoxy groups -OCH3 is 1. The van der Waals surface area contributed by atoms with Crippen LogP contribution in [0.25, 0.3) is 0 Å². The molecule has 0 amide bonds. The molecule has 96 valence electrons. The van der Waals surface area contributed by atoms with Gasteiger partial charge in [-0.05, 0) is 32.9 Å². The molecule has 0 fully saturated rings. The molecule has 0 aliphatic carbocycles. The van der Waals surface area contributed by atoms with Gasteiger partial charge >= 0.3 is 0 Å². The van der Waals surface area contributed by atoms with E-state index in [4.69, 9.17) is 10.5 Å². The fourth-order valence-corrected chi connectivity index (χ4v) is 1.92. The van der Waals surface area contributed by atoms with Gasteiger partial charge in [-0.3, -0.25) is 4.90 Å². The van der Waals surface area contributed by atoms with E-state index >= 15 is 0 Å². The molecule has 1 rings (SSSR count). The summed E-state index contributed by atoms with van der Waals surface area (Å²) in [6.07, 6.45) is 1.16. The van der Waals surface area contributed by atoms with E-state index in [0.717, 1.165) is 30.9 Å². The zero-order chi connectivity index (χ0) is 12.8. The first-order valence-electron chi connectivity index (χ1n) is 6.25. The second-order valence-electron chi connectivity index (χ2n) is 4.64. The molecule has 0 heterocycles. The highest BCUT2D eigenvalue weighted by Crippen LogP contribution is 2.23. The van der Waals surface area contributed by atoms with Crippen molar-refractivity contribution in [2.24, 2.45) is 0 Å². The van der Waals surface area contributed by atoms with E-state index in [1.165, 1.54) is 5.56 Å². The Morgan fingerprint density at radius 1 is 1.35 bits per heavy atom. The summed E-state index contributed by atoms with van der Waals surface area (Å²) in [5, 5.41) is 0. The number of benzene rings is 1. The molecular formula is C14H24N2O. The van der Waals surface area contributed by atoms with Gasteiger partial charge in [-0.1, -0.05) is 13.0 Å². The van der Waals surface area contributed by atoms with Crippen molar-refractivity contribution in [3.63, 3.8) is 0 Å². The molecular weight excluding hydrogens is 212 g/mol.